The summed E-state index contributed by atoms with van der Waals surface area (Å²) in [5.41, 5.74) is 1.39. The highest BCUT2D eigenvalue weighted by atomic mass is 32.1. The lowest BCUT2D eigenvalue weighted by molar-refractivity contribution is -0.384. The Morgan fingerprint density at radius 2 is 2.09 bits per heavy atom. The van der Waals surface area contributed by atoms with E-state index in [1.807, 2.05) is 0 Å². The summed E-state index contributed by atoms with van der Waals surface area (Å²) in [5.74, 6) is -0.554. The number of nitro benzene ring substituents is 1. The lowest BCUT2D eigenvalue weighted by Crippen LogP contribution is -2.08. The van der Waals surface area contributed by atoms with Crippen LogP contribution in [0.15, 0.2) is 29.6 Å². The maximum atomic E-state index is 12.1. The number of thiophene rings is 1. The quantitative estimate of drug-likeness (QED) is 0.382. The van der Waals surface area contributed by atoms with Crippen molar-refractivity contribution in [1.29, 1.82) is 0 Å². The molecule has 1 heterocycles. The van der Waals surface area contributed by atoms with Gasteiger partial charge in [0.2, 0.25) is 6.41 Å². The van der Waals surface area contributed by atoms with Gasteiger partial charge in [-0.05, 0) is 24.6 Å². The molecule has 0 aliphatic carbocycles. The van der Waals surface area contributed by atoms with Gasteiger partial charge in [-0.15, -0.1) is 11.3 Å². The molecule has 2 rings (SSSR count). The predicted octanol–water partition coefficient (Wildman–Crippen LogP) is 3.07. The fraction of sp³-hybridized carbons (Fsp3) is 0.143. The summed E-state index contributed by atoms with van der Waals surface area (Å²) in [4.78, 5) is 32.9. The Bertz CT molecular complexity index is 709. The monoisotopic (exact) mass is 320 g/mol. The van der Waals surface area contributed by atoms with Crippen LogP contribution in [0.2, 0.25) is 0 Å². The number of amides is 1. The van der Waals surface area contributed by atoms with Crippen molar-refractivity contribution >= 4 is 34.4 Å². The van der Waals surface area contributed by atoms with Gasteiger partial charge in [0, 0.05) is 23.1 Å². The van der Waals surface area contributed by atoms with Gasteiger partial charge in [-0.1, -0.05) is 0 Å². The molecular weight excluding hydrogens is 308 g/mol. The van der Waals surface area contributed by atoms with E-state index in [9.17, 15) is 19.7 Å². The molecule has 7 nitrogen and oxygen atoms in total. The lowest BCUT2D eigenvalue weighted by atomic mass is 10.0. The van der Waals surface area contributed by atoms with Crippen molar-refractivity contribution < 1.29 is 19.2 Å². The molecule has 1 amide bonds. The second kappa shape index (κ2) is 6.81. The van der Waals surface area contributed by atoms with Crippen molar-refractivity contribution in [3.05, 3.63) is 45.3 Å². The van der Waals surface area contributed by atoms with Crippen molar-refractivity contribution in [2.24, 2.45) is 0 Å². The fourth-order valence-electron chi connectivity index (χ4n) is 1.90. The number of carbonyl (C=O) groups excluding carboxylic acids is 2. The van der Waals surface area contributed by atoms with Gasteiger partial charge >= 0.3 is 5.97 Å². The number of nitrogens with zero attached hydrogens (tertiary/aromatic N) is 1. The summed E-state index contributed by atoms with van der Waals surface area (Å²) in [7, 11) is 0. The van der Waals surface area contributed by atoms with Gasteiger partial charge < -0.3 is 10.1 Å². The normalized spacial score (nSPS) is 10.0. The Balaban J connectivity index is 2.47. The van der Waals surface area contributed by atoms with Crippen molar-refractivity contribution in [1.82, 2.24) is 0 Å². The SMILES string of the molecule is CCOC(=O)c1c(-c2ccc([N+](=O)[O-])cc2)csc1NC=O. The standard InChI is InChI=1S/C14H12N2O5S/c1-2-21-14(18)12-11(7-22-13(12)15-8-17)9-3-5-10(6-4-9)16(19)20/h3-8H,2H2,1H3,(H,15,17). The number of benzene rings is 1. The number of hydrogen-bond donors (Lipinski definition) is 1. The van der Waals surface area contributed by atoms with Gasteiger partial charge in [-0.3, -0.25) is 14.9 Å². The van der Waals surface area contributed by atoms with E-state index in [0.29, 0.717) is 22.5 Å². The molecule has 0 aliphatic rings. The van der Waals surface area contributed by atoms with E-state index in [-0.39, 0.29) is 17.9 Å². The molecule has 1 aromatic heterocycles. The summed E-state index contributed by atoms with van der Waals surface area (Å²) >= 11 is 1.18. The first-order valence-electron chi connectivity index (χ1n) is 6.32. The molecule has 0 aliphatic heterocycles. The number of ether oxygens (including phenoxy) is 1. The van der Waals surface area contributed by atoms with E-state index in [0.717, 1.165) is 0 Å². The molecule has 0 fully saturated rings. The number of esters is 1. The topological polar surface area (TPSA) is 98.5 Å². The summed E-state index contributed by atoms with van der Waals surface area (Å²) in [6.07, 6.45) is 0.480. The zero-order valence-electron chi connectivity index (χ0n) is 11.6. The molecule has 0 radical (unpaired) electrons. The van der Waals surface area contributed by atoms with Crippen LogP contribution in [0.5, 0.6) is 0 Å². The summed E-state index contributed by atoms with van der Waals surface area (Å²) in [6, 6.07) is 5.81. The first-order chi connectivity index (χ1) is 10.6. The van der Waals surface area contributed by atoms with Gasteiger partial charge in [0.1, 0.15) is 10.6 Å². The van der Waals surface area contributed by atoms with Gasteiger partial charge in [-0.2, -0.15) is 0 Å². The number of nitro groups is 1. The molecule has 8 heteroatoms. The van der Waals surface area contributed by atoms with Gasteiger partial charge in [-0.25, -0.2) is 4.79 Å². The van der Waals surface area contributed by atoms with Crippen molar-refractivity contribution in [2.45, 2.75) is 6.92 Å². The van der Waals surface area contributed by atoms with E-state index in [1.54, 1.807) is 24.4 Å². The summed E-state index contributed by atoms with van der Waals surface area (Å²) < 4.78 is 5.00. The second-order valence-electron chi connectivity index (χ2n) is 4.14. The van der Waals surface area contributed by atoms with Gasteiger partial charge in [0.15, 0.2) is 0 Å². The molecule has 0 atom stereocenters. The number of non-ortho nitro benzene ring substituents is 1. The van der Waals surface area contributed by atoms with Crippen LogP contribution in [0.4, 0.5) is 10.7 Å². The second-order valence-corrected chi connectivity index (χ2v) is 5.02. The van der Waals surface area contributed by atoms with Crippen LogP contribution in [0, 0.1) is 10.1 Å². The van der Waals surface area contributed by atoms with E-state index in [1.165, 1.54) is 23.5 Å². The third-order valence-corrected chi connectivity index (χ3v) is 3.76. The van der Waals surface area contributed by atoms with Crippen LogP contribution in [0.25, 0.3) is 11.1 Å². The average Bonchev–Trinajstić information content (AvgIpc) is 2.92. The highest BCUT2D eigenvalue weighted by molar-refractivity contribution is 7.15. The number of nitrogens with one attached hydrogen (secondary N) is 1. The van der Waals surface area contributed by atoms with Gasteiger partial charge in [0.25, 0.3) is 5.69 Å². The first kappa shape index (κ1) is 15.6. The van der Waals surface area contributed by atoms with Crippen LogP contribution in [0.1, 0.15) is 17.3 Å². The minimum absolute atomic E-state index is 0.0390. The van der Waals surface area contributed by atoms with Crippen LogP contribution >= 0.6 is 11.3 Å². The minimum atomic E-state index is -0.554. The molecular formula is C14H12N2O5S. The molecule has 114 valence electrons. The molecule has 0 saturated heterocycles. The smallest absolute Gasteiger partial charge is 0.341 e. The Morgan fingerprint density at radius 1 is 1.41 bits per heavy atom. The average molecular weight is 320 g/mol. The maximum absolute atomic E-state index is 12.1. The zero-order valence-corrected chi connectivity index (χ0v) is 12.4. The van der Waals surface area contributed by atoms with E-state index >= 15 is 0 Å². The third-order valence-electron chi connectivity index (χ3n) is 2.85. The highest BCUT2D eigenvalue weighted by Crippen LogP contribution is 2.36. The molecule has 1 N–H and O–H groups in total. The van der Waals surface area contributed by atoms with E-state index in [2.05, 4.69) is 5.32 Å². The molecule has 0 saturated carbocycles. The highest BCUT2D eigenvalue weighted by Gasteiger charge is 2.21. The Kier molecular flexibility index (Phi) is 4.84. The molecule has 0 bridgehead atoms. The Hall–Kier alpha value is -2.74. The van der Waals surface area contributed by atoms with Crippen LogP contribution in [-0.4, -0.2) is 23.9 Å². The maximum Gasteiger partial charge on any atom is 0.341 e. The number of rotatable bonds is 6. The minimum Gasteiger partial charge on any atom is -0.462 e. The van der Waals surface area contributed by atoms with Crippen LogP contribution in [0.3, 0.4) is 0 Å². The summed E-state index contributed by atoms with van der Waals surface area (Å²) in [5, 5.41) is 15.2. The molecule has 2 aromatic rings. The number of carbonyl (C=O) groups is 2. The van der Waals surface area contributed by atoms with E-state index in [4.69, 9.17) is 4.74 Å². The van der Waals surface area contributed by atoms with Crippen LogP contribution < -0.4 is 5.32 Å². The lowest BCUT2D eigenvalue weighted by Gasteiger charge is -2.06. The summed E-state index contributed by atoms with van der Waals surface area (Å²) in [6.45, 7) is 1.89. The molecule has 0 unspecified atom stereocenters. The van der Waals surface area contributed by atoms with Crippen molar-refractivity contribution in [3.8, 4) is 11.1 Å². The Morgan fingerprint density at radius 3 is 2.64 bits per heavy atom. The molecule has 1 aromatic carbocycles. The van der Waals surface area contributed by atoms with E-state index < -0.39 is 10.9 Å². The third kappa shape index (κ3) is 3.12. The van der Waals surface area contributed by atoms with Crippen LogP contribution in [-0.2, 0) is 9.53 Å². The van der Waals surface area contributed by atoms with Crippen molar-refractivity contribution in [3.63, 3.8) is 0 Å². The first-order valence-corrected chi connectivity index (χ1v) is 7.20. The number of hydrogen-bond acceptors (Lipinski definition) is 6. The fourth-order valence-corrected chi connectivity index (χ4v) is 2.82. The molecule has 0 spiro atoms. The zero-order chi connectivity index (χ0) is 16.1. The Labute approximate surface area is 129 Å². The predicted molar refractivity (Wildman–Crippen MR) is 82.1 cm³/mol. The largest absolute Gasteiger partial charge is 0.462 e. The van der Waals surface area contributed by atoms with Crippen molar-refractivity contribution in [2.75, 3.05) is 11.9 Å². The van der Waals surface area contributed by atoms with Gasteiger partial charge in [0.05, 0.1) is 11.5 Å². The molecule has 22 heavy (non-hydrogen) atoms. The number of anilines is 1.